The molecule has 0 saturated heterocycles. The molecule has 33 heavy (non-hydrogen) atoms. The van der Waals surface area contributed by atoms with Crippen LogP contribution >= 0.6 is 11.3 Å². The van der Waals surface area contributed by atoms with E-state index in [1.54, 1.807) is 20.2 Å². The number of carbonyl (C=O) groups excluding carboxylic acids is 2. The van der Waals surface area contributed by atoms with Crippen molar-refractivity contribution in [2.24, 2.45) is 0 Å². The molecule has 0 atom stereocenters. The second-order valence-corrected chi connectivity index (χ2v) is 8.94. The van der Waals surface area contributed by atoms with Gasteiger partial charge in [0.1, 0.15) is 11.4 Å². The number of pyridine rings is 1. The molecule has 0 aliphatic heterocycles. The largest absolute Gasteiger partial charge is 0.507 e. The molecule has 0 radical (unpaired) electrons. The van der Waals surface area contributed by atoms with Crippen molar-refractivity contribution in [3.8, 4) is 16.9 Å². The van der Waals surface area contributed by atoms with Gasteiger partial charge in [-0.15, -0.1) is 11.3 Å². The second-order valence-electron chi connectivity index (χ2n) is 7.85. The SMILES string of the molecule is CN(C)C(=O)c1cc(NC(=O)c2cc3c(-c4cnc5[nH]ccc5c4)cccc3s2)ccc1O. The minimum Gasteiger partial charge on any atom is -0.507 e. The van der Waals surface area contributed by atoms with E-state index in [1.807, 2.05) is 42.7 Å². The fraction of sp³-hybridized carbons (Fsp3) is 0.0800. The van der Waals surface area contributed by atoms with Gasteiger partial charge in [0.25, 0.3) is 11.8 Å². The van der Waals surface area contributed by atoms with E-state index in [9.17, 15) is 14.7 Å². The smallest absolute Gasteiger partial charge is 0.265 e. The minimum atomic E-state index is -0.344. The average Bonchev–Trinajstić information content (AvgIpc) is 3.46. The lowest BCUT2D eigenvalue weighted by molar-refractivity contribution is 0.0824. The zero-order chi connectivity index (χ0) is 23.1. The Morgan fingerprint density at radius 3 is 2.76 bits per heavy atom. The number of carbonyl (C=O) groups is 2. The molecule has 3 heterocycles. The Labute approximate surface area is 193 Å². The van der Waals surface area contributed by atoms with Crippen LogP contribution in [0.3, 0.4) is 0 Å². The quantitative estimate of drug-likeness (QED) is 0.328. The van der Waals surface area contributed by atoms with Crippen molar-refractivity contribution in [2.75, 3.05) is 19.4 Å². The highest BCUT2D eigenvalue weighted by atomic mass is 32.1. The second kappa shape index (κ2) is 8.07. The van der Waals surface area contributed by atoms with Crippen molar-refractivity contribution in [2.45, 2.75) is 0 Å². The van der Waals surface area contributed by atoms with E-state index in [4.69, 9.17) is 0 Å². The maximum absolute atomic E-state index is 13.0. The van der Waals surface area contributed by atoms with Crippen LogP contribution in [-0.4, -0.2) is 45.9 Å². The summed E-state index contributed by atoms with van der Waals surface area (Å²) in [6.45, 7) is 0. The summed E-state index contributed by atoms with van der Waals surface area (Å²) in [6, 6.07) is 16.3. The van der Waals surface area contributed by atoms with E-state index in [0.29, 0.717) is 10.6 Å². The first-order valence-electron chi connectivity index (χ1n) is 10.2. The Balaban J connectivity index is 1.47. The van der Waals surface area contributed by atoms with Crippen LogP contribution in [0.4, 0.5) is 5.69 Å². The number of phenols is 1. The van der Waals surface area contributed by atoms with Gasteiger partial charge in [-0.1, -0.05) is 12.1 Å². The maximum atomic E-state index is 13.0. The molecule has 5 rings (SSSR count). The normalized spacial score (nSPS) is 11.1. The van der Waals surface area contributed by atoms with Crippen LogP contribution in [0.1, 0.15) is 20.0 Å². The summed E-state index contributed by atoms with van der Waals surface area (Å²) in [5, 5.41) is 14.9. The van der Waals surface area contributed by atoms with Crippen LogP contribution in [0.5, 0.6) is 5.75 Å². The summed E-state index contributed by atoms with van der Waals surface area (Å²) in [6.07, 6.45) is 3.68. The summed E-state index contributed by atoms with van der Waals surface area (Å²) in [5.74, 6) is -0.760. The number of rotatable bonds is 4. The molecule has 5 aromatic rings. The number of thiophene rings is 1. The number of aromatic nitrogens is 2. The first-order chi connectivity index (χ1) is 15.9. The van der Waals surface area contributed by atoms with Gasteiger partial charge in [-0.2, -0.15) is 0 Å². The molecule has 2 aromatic carbocycles. The average molecular weight is 457 g/mol. The standard InChI is InChI=1S/C25H20N4O3S/c1-29(2)25(32)19-11-16(6-7-20(19)30)28-24(31)22-12-18-17(4-3-5-21(18)33-22)15-10-14-8-9-26-23(14)27-13-15/h3-13,30H,1-2H3,(H,26,27)(H,28,31). The summed E-state index contributed by atoms with van der Waals surface area (Å²) in [7, 11) is 3.20. The predicted molar refractivity (Wildman–Crippen MR) is 131 cm³/mol. The van der Waals surface area contributed by atoms with Crippen LogP contribution in [0.25, 0.3) is 32.2 Å². The molecular weight excluding hydrogens is 436 g/mol. The number of anilines is 1. The van der Waals surface area contributed by atoms with Crippen molar-refractivity contribution >= 4 is 50.0 Å². The number of fused-ring (bicyclic) bond motifs is 2. The molecule has 3 aromatic heterocycles. The molecule has 0 aliphatic rings. The third-order valence-electron chi connectivity index (χ3n) is 5.39. The molecule has 7 nitrogen and oxygen atoms in total. The number of nitrogens with zero attached hydrogens (tertiary/aromatic N) is 2. The van der Waals surface area contributed by atoms with Crippen molar-refractivity contribution < 1.29 is 14.7 Å². The molecule has 3 N–H and O–H groups in total. The van der Waals surface area contributed by atoms with Gasteiger partial charge < -0.3 is 20.3 Å². The Morgan fingerprint density at radius 1 is 1.09 bits per heavy atom. The molecule has 0 bridgehead atoms. The van der Waals surface area contributed by atoms with Gasteiger partial charge in [-0.25, -0.2) is 4.98 Å². The molecule has 0 aliphatic carbocycles. The lowest BCUT2D eigenvalue weighted by Crippen LogP contribution is -2.22. The number of hydrogen-bond acceptors (Lipinski definition) is 5. The van der Waals surface area contributed by atoms with Crippen molar-refractivity contribution in [3.63, 3.8) is 0 Å². The first-order valence-corrected chi connectivity index (χ1v) is 11.0. The van der Waals surface area contributed by atoms with E-state index < -0.39 is 0 Å². The van der Waals surface area contributed by atoms with Crippen molar-refractivity contribution in [3.05, 3.63) is 77.4 Å². The Bertz CT molecular complexity index is 1530. The van der Waals surface area contributed by atoms with Crippen LogP contribution in [0.15, 0.2) is 67.0 Å². The highest BCUT2D eigenvalue weighted by Crippen LogP contribution is 2.35. The van der Waals surface area contributed by atoms with Gasteiger partial charge in [-0.3, -0.25) is 9.59 Å². The molecule has 0 fully saturated rings. The van der Waals surface area contributed by atoms with Crippen LogP contribution in [0.2, 0.25) is 0 Å². The molecule has 0 unspecified atom stereocenters. The number of nitrogens with one attached hydrogen (secondary N) is 2. The Kier molecular flexibility index (Phi) is 5.07. The van der Waals surface area contributed by atoms with E-state index >= 15 is 0 Å². The van der Waals surface area contributed by atoms with E-state index in [2.05, 4.69) is 21.4 Å². The van der Waals surface area contributed by atoms with Crippen molar-refractivity contribution in [1.82, 2.24) is 14.9 Å². The number of aromatic amines is 1. The number of H-pyrrole nitrogens is 1. The predicted octanol–water partition coefficient (Wildman–Crippen LogP) is 5.10. The number of amides is 2. The van der Waals surface area contributed by atoms with Crippen LogP contribution in [0, 0.1) is 0 Å². The zero-order valence-electron chi connectivity index (χ0n) is 17.9. The summed E-state index contributed by atoms with van der Waals surface area (Å²) in [4.78, 5) is 34.8. The Morgan fingerprint density at radius 2 is 1.94 bits per heavy atom. The number of benzene rings is 2. The van der Waals surface area contributed by atoms with Gasteiger partial charge in [0.15, 0.2) is 0 Å². The summed E-state index contributed by atoms with van der Waals surface area (Å²) in [5.41, 5.74) is 3.37. The molecule has 164 valence electrons. The monoisotopic (exact) mass is 456 g/mol. The van der Waals surface area contributed by atoms with Gasteiger partial charge in [0, 0.05) is 53.2 Å². The van der Waals surface area contributed by atoms with Crippen LogP contribution in [-0.2, 0) is 0 Å². The maximum Gasteiger partial charge on any atom is 0.265 e. The summed E-state index contributed by atoms with van der Waals surface area (Å²) < 4.78 is 0.987. The third kappa shape index (κ3) is 3.81. The van der Waals surface area contributed by atoms with E-state index in [0.717, 1.165) is 32.2 Å². The molecule has 8 heteroatoms. The fourth-order valence-electron chi connectivity index (χ4n) is 3.73. The van der Waals surface area contributed by atoms with Gasteiger partial charge in [0.2, 0.25) is 0 Å². The minimum absolute atomic E-state index is 0.129. The number of aromatic hydroxyl groups is 1. The van der Waals surface area contributed by atoms with Crippen molar-refractivity contribution in [1.29, 1.82) is 0 Å². The molecule has 2 amide bonds. The lowest BCUT2D eigenvalue weighted by atomic mass is 10.0. The highest BCUT2D eigenvalue weighted by molar-refractivity contribution is 7.21. The number of phenolic OH excluding ortho intramolecular Hbond substituents is 1. The van der Waals surface area contributed by atoms with Gasteiger partial charge in [-0.05, 0) is 48.0 Å². The van der Waals surface area contributed by atoms with Gasteiger partial charge in [0.05, 0.1) is 10.4 Å². The molecule has 0 saturated carbocycles. The topological polar surface area (TPSA) is 98.3 Å². The Hall–Kier alpha value is -4.17. The molecular formula is C25H20N4O3S. The third-order valence-corrected chi connectivity index (χ3v) is 6.49. The zero-order valence-corrected chi connectivity index (χ0v) is 18.7. The van der Waals surface area contributed by atoms with Crippen LogP contribution < -0.4 is 5.32 Å². The van der Waals surface area contributed by atoms with Gasteiger partial charge >= 0.3 is 0 Å². The fourth-order valence-corrected chi connectivity index (χ4v) is 4.71. The summed E-state index contributed by atoms with van der Waals surface area (Å²) >= 11 is 1.39. The lowest BCUT2D eigenvalue weighted by Gasteiger charge is -2.13. The molecule has 0 spiro atoms. The van der Waals surface area contributed by atoms with E-state index in [-0.39, 0.29) is 23.1 Å². The number of hydrogen-bond donors (Lipinski definition) is 3. The highest BCUT2D eigenvalue weighted by Gasteiger charge is 2.17. The van der Waals surface area contributed by atoms with E-state index in [1.165, 1.54) is 28.4 Å². The first kappa shape index (κ1) is 20.7.